The minimum absolute atomic E-state index is 0.000632. The van der Waals surface area contributed by atoms with Crippen LogP contribution in [0.4, 0.5) is 0 Å². The first-order valence-corrected chi connectivity index (χ1v) is 7.88. The number of morpholine rings is 1. The first kappa shape index (κ1) is 16.3. The first-order chi connectivity index (χ1) is 10.1. The number of aryl methyl sites for hydroxylation is 1. The molecule has 6 heteroatoms. The van der Waals surface area contributed by atoms with Crippen LogP contribution >= 0.6 is 15.9 Å². The highest BCUT2D eigenvalue weighted by Crippen LogP contribution is 2.28. The molecule has 1 aliphatic heterocycles. The molecule has 0 aliphatic carbocycles. The average molecular weight is 357 g/mol. The number of carbonyl (C=O) groups is 1. The minimum atomic E-state index is -0.000632. The van der Waals surface area contributed by atoms with E-state index in [1.54, 1.807) is 4.90 Å². The lowest BCUT2D eigenvalue weighted by molar-refractivity contribution is -0.137. The molecule has 1 heterocycles. The summed E-state index contributed by atoms with van der Waals surface area (Å²) in [7, 11) is 0. The van der Waals surface area contributed by atoms with Gasteiger partial charge in [-0.15, -0.1) is 0 Å². The molecule has 1 fully saturated rings. The molecule has 2 N–H and O–H groups in total. The van der Waals surface area contributed by atoms with Gasteiger partial charge < -0.3 is 20.1 Å². The van der Waals surface area contributed by atoms with E-state index in [0.29, 0.717) is 32.8 Å². The van der Waals surface area contributed by atoms with E-state index < -0.39 is 0 Å². The number of halogens is 1. The van der Waals surface area contributed by atoms with Gasteiger partial charge in [0.05, 0.1) is 13.2 Å². The second-order valence-electron chi connectivity index (χ2n) is 5.03. The Balaban J connectivity index is 2.03. The molecule has 0 aromatic heterocycles. The maximum absolute atomic E-state index is 12.1. The summed E-state index contributed by atoms with van der Waals surface area (Å²) >= 11 is 3.47. The largest absolute Gasteiger partial charge is 0.483 e. The summed E-state index contributed by atoms with van der Waals surface area (Å²) in [5.74, 6) is 0.768. The zero-order valence-electron chi connectivity index (χ0n) is 12.2. The molecule has 0 bridgehead atoms. The summed E-state index contributed by atoms with van der Waals surface area (Å²) in [5.41, 5.74) is 7.67. The van der Waals surface area contributed by atoms with Crippen molar-refractivity contribution in [2.24, 2.45) is 5.73 Å². The highest BCUT2D eigenvalue weighted by molar-refractivity contribution is 9.10. The Morgan fingerprint density at radius 1 is 1.43 bits per heavy atom. The van der Waals surface area contributed by atoms with Crippen LogP contribution < -0.4 is 10.5 Å². The van der Waals surface area contributed by atoms with Crippen LogP contribution in [0.5, 0.6) is 5.75 Å². The van der Waals surface area contributed by atoms with Crippen molar-refractivity contribution in [3.05, 3.63) is 27.7 Å². The molecule has 0 spiro atoms. The number of hydrogen-bond donors (Lipinski definition) is 1. The number of hydrogen-bond acceptors (Lipinski definition) is 4. The third-order valence-electron chi connectivity index (χ3n) is 3.43. The fourth-order valence-corrected chi connectivity index (χ4v) is 3.00. The molecule has 21 heavy (non-hydrogen) atoms. The van der Waals surface area contributed by atoms with Gasteiger partial charge in [-0.1, -0.05) is 15.9 Å². The summed E-state index contributed by atoms with van der Waals surface area (Å²) in [6, 6.07) is 3.98. The highest BCUT2D eigenvalue weighted by atomic mass is 79.9. The molecular weight excluding hydrogens is 336 g/mol. The number of nitrogens with zero attached hydrogens (tertiary/aromatic N) is 1. The Bertz CT molecular complexity index is 502. The second kappa shape index (κ2) is 7.77. The Morgan fingerprint density at radius 2 is 2.14 bits per heavy atom. The first-order valence-electron chi connectivity index (χ1n) is 7.09. The number of ether oxygens (including phenoxy) is 2. The van der Waals surface area contributed by atoms with Gasteiger partial charge in [0, 0.05) is 17.6 Å². The lowest BCUT2D eigenvalue weighted by atomic mass is 10.1. The highest BCUT2D eigenvalue weighted by Gasteiger charge is 2.18. The van der Waals surface area contributed by atoms with E-state index in [2.05, 4.69) is 15.9 Å². The third kappa shape index (κ3) is 4.43. The standard InChI is InChI=1S/C15H21BrN2O3/c1-11-8-13(16)9-12(2-3-17)15(11)21-10-14(19)18-4-6-20-7-5-18/h8-9H,2-7,10,17H2,1H3. The van der Waals surface area contributed by atoms with Gasteiger partial charge >= 0.3 is 0 Å². The normalized spacial score (nSPS) is 15.1. The van der Waals surface area contributed by atoms with E-state index in [9.17, 15) is 4.79 Å². The predicted molar refractivity (Wildman–Crippen MR) is 84.5 cm³/mol. The van der Waals surface area contributed by atoms with E-state index in [0.717, 1.165) is 27.8 Å². The summed E-state index contributed by atoms with van der Waals surface area (Å²) in [5, 5.41) is 0. The molecule has 0 unspecified atom stereocenters. The number of rotatable bonds is 5. The molecule has 2 rings (SSSR count). The summed E-state index contributed by atoms with van der Waals surface area (Å²) in [4.78, 5) is 13.9. The van der Waals surface area contributed by atoms with Gasteiger partial charge in [0.2, 0.25) is 0 Å². The molecule has 1 amide bonds. The van der Waals surface area contributed by atoms with E-state index in [4.69, 9.17) is 15.2 Å². The van der Waals surface area contributed by atoms with E-state index in [1.165, 1.54) is 0 Å². The third-order valence-corrected chi connectivity index (χ3v) is 3.89. The van der Waals surface area contributed by atoms with Crippen LogP contribution in [0.25, 0.3) is 0 Å². The number of amides is 1. The molecule has 1 aliphatic rings. The zero-order valence-corrected chi connectivity index (χ0v) is 13.8. The number of nitrogens with two attached hydrogens (primary N) is 1. The Morgan fingerprint density at radius 3 is 2.81 bits per heavy atom. The molecule has 1 aromatic rings. The SMILES string of the molecule is Cc1cc(Br)cc(CCN)c1OCC(=O)N1CCOCC1. The topological polar surface area (TPSA) is 64.8 Å². The van der Waals surface area contributed by atoms with Gasteiger partial charge in [-0.05, 0) is 43.1 Å². The maximum atomic E-state index is 12.1. The van der Waals surface area contributed by atoms with Crippen molar-refractivity contribution < 1.29 is 14.3 Å². The van der Waals surface area contributed by atoms with Gasteiger partial charge in [-0.2, -0.15) is 0 Å². The van der Waals surface area contributed by atoms with Gasteiger partial charge in [-0.25, -0.2) is 0 Å². The molecule has 1 saturated heterocycles. The van der Waals surface area contributed by atoms with Crippen molar-refractivity contribution in [1.29, 1.82) is 0 Å². The fourth-order valence-electron chi connectivity index (χ4n) is 2.38. The van der Waals surface area contributed by atoms with Gasteiger partial charge in [0.15, 0.2) is 6.61 Å². The quantitative estimate of drug-likeness (QED) is 0.868. The molecule has 0 radical (unpaired) electrons. The number of carbonyl (C=O) groups excluding carboxylic acids is 1. The Kier molecular flexibility index (Phi) is 6.02. The van der Waals surface area contributed by atoms with Crippen molar-refractivity contribution in [3.8, 4) is 5.75 Å². The van der Waals surface area contributed by atoms with Crippen LogP contribution in [-0.2, 0) is 16.0 Å². The van der Waals surface area contributed by atoms with Crippen LogP contribution in [0.2, 0.25) is 0 Å². The van der Waals surface area contributed by atoms with Crippen LogP contribution in [0.3, 0.4) is 0 Å². The van der Waals surface area contributed by atoms with Crippen LogP contribution in [0.1, 0.15) is 11.1 Å². The maximum Gasteiger partial charge on any atom is 0.260 e. The smallest absolute Gasteiger partial charge is 0.260 e. The van der Waals surface area contributed by atoms with E-state index in [1.807, 2.05) is 19.1 Å². The molecule has 116 valence electrons. The van der Waals surface area contributed by atoms with Gasteiger partial charge in [-0.3, -0.25) is 4.79 Å². The summed E-state index contributed by atoms with van der Waals surface area (Å²) < 4.78 is 12.0. The Labute approximate surface area is 133 Å². The fraction of sp³-hybridized carbons (Fsp3) is 0.533. The summed E-state index contributed by atoms with van der Waals surface area (Å²) in [6.07, 6.45) is 0.724. The summed E-state index contributed by atoms with van der Waals surface area (Å²) in [6.45, 7) is 5.04. The predicted octanol–water partition coefficient (Wildman–Crippen LogP) is 1.50. The van der Waals surface area contributed by atoms with E-state index in [-0.39, 0.29) is 12.5 Å². The monoisotopic (exact) mass is 356 g/mol. The number of benzene rings is 1. The molecular formula is C15H21BrN2O3. The van der Waals surface area contributed by atoms with Crippen molar-refractivity contribution in [1.82, 2.24) is 4.90 Å². The van der Waals surface area contributed by atoms with Crippen molar-refractivity contribution in [3.63, 3.8) is 0 Å². The van der Waals surface area contributed by atoms with Crippen molar-refractivity contribution in [2.45, 2.75) is 13.3 Å². The van der Waals surface area contributed by atoms with Gasteiger partial charge in [0.25, 0.3) is 5.91 Å². The van der Waals surface area contributed by atoms with Crippen LogP contribution in [0, 0.1) is 6.92 Å². The zero-order chi connectivity index (χ0) is 15.2. The van der Waals surface area contributed by atoms with Crippen molar-refractivity contribution in [2.75, 3.05) is 39.5 Å². The average Bonchev–Trinajstić information content (AvgIpc) is 2.47. The minimum Gasteiger partial charge on any atom is -0.483 e. The molecule has 5 nitrogen and oxygen atoms in total. The van der Waals surface area contributed by atoms with E-state index >= 15 is 0 Å². The molecule has 1 aromatic carbocycles. The van der Waals surface area contributed by atoms with Crippen LogP contribution in [0.15, 0.2) is 16.6 Å². The lowest BCUT2D eigenvalue weighted by Crippen LogP contribution is -2.43. The molecule has 0 saturated carbocycles. The van der Waals surface area contributed by atoms with Crippen molar-refractivity contribution >= 4 is 21.8 Å². The Hall–Kier alpha value is -1.11. The molecule has 0 atom stereocenters. The van der Waals surface area contributed by atoms with Gasteiger partial charge in [0.1, 0.15) is 5.75 Å². The van der Waals surface area contributed by atoms with Crippen LogP contribution in [-0.4, -0.2) is 50.3 Å². The lowest BCUT2D eigenvalue weighted by Gasteiger charge is -2.27. The second-order valence-corrected chi connectivity index (χ2v) is 5.95.